The molecule has 1 amide bonds. The minimum Gasteiger partial charge on any atom is -0.491 e. The number of nitrogens with zero attached hydrogens (tertiary/aromatic N) is 2. The van der Waals surface area contributed by atoms with E-state index in [4.69, 9.17) is 4.74 Å². The van der Waals surface area contributed by atoms with E-state index in [9.17, 15) is 18.0 Å². The number of nitrogens with one attached hydrogen (secondary N) is 2. The average molecular weight is 443 g/mol. The summed E-state index contributed by atoms with van der Waals surface area (Å²) in [6.07, 6.45) is -2.52. The van der Waals surface area contributed by atoms with Crippen LogP contribution in [0.3, 0.4) is 0 Å². The second-order valence-corrected chi connectivity index (χ2v) is 7.96. The topological polar surface area (TPSA) is 66.0 Å². The second-order valence-electron chi connectivity index (χ2n) is 7.96. The molecule has 1 aromatic rings. The molecule has 0 unspecified atom stereocenters. The largest absolute Gasteiger partial charge is 0.491 e. The highest BCUT2D eigenvalue weighted by atomic mass is 19.4. The number of guanidine groups is 1. The summed E-state index contributed by atoms with van der Waals surface area (Å²) in [7, 11) is 1.63. The lowest BCUT2D eigenvalue weighted by atomic mass is 9.93. The zero-order valence-electron chi connectivity index (χ0n) is 18.7. The summed E-state index contributed by atoms with van der Waals surface area (Å²) in [5.41, 5.74) is -0.622. The van der Waals surface area contributed by atoms with Crippen molar-refractivity contribution < 1.29 is 22.7 Å². The number of ether oxygens (including phenoxy) is 1. The van der Waals surface area contributed by atoms with E-state index in [1.807, 2.05) is 11.8 Å². The van der Waals surface area contributed by atoms with E-state index in [1.54, 1.807) is 27.0 Å². The van der Waals surface area contributed by atoms with Gasteiger partial charge in [-0.25, -0.2) is 4.99 Å². The van der Waals surface area contributed by atoms with Crippen LogP contribution in [0, 0.1) is 5.92 Å². The number of piperidine rings is 1. The van der Waals surface area contributed by atoms with E-state index >= 15 is 0 Å². The van der Waals surface area contributed by atoms with Gasteiger partial charge in [-0.05, 0) is 57.2 Å². The Bertz CT molecular complexity index is 758. The van der Waals surface area contributed by atoms with Gasteiger partial charge in [-0.1, -0.05) is 6.07 Å². The third-order valence-electron chi connectivity index (χ3n) is 5.16. The fourth-order valence-electron chi connectivity index (χ4n) is 3.60. The third-order valence-corrected chi connectivity index (χ3v) is 5.16. The van der Waals surface area contributed by atoms with Crippen molar-refractivity contribution in [1.29, 1.82) is 0 Å². The summed E-state index contributed by atoms with van der Waals surface area (Å²) in [5, 5.41) is 5.82. The molecule has 0 atom stereocenters. The normalized spacial score (nSPS) is 15.9. The van der Waals surface area contributed by atoms with Crippen LogP contribution in [0.4, 0.5) is 13.2 Å². The smallest absolute Gasteiger partial charge is 0.416 e. The molecule has 1 aromatic carbocycles. The Morgan fingerprint density at radius 1 is 1.29 bits per heavy atom. The third kappa shape index (κ3) is 7.63. The van der Waals surface area contributed by atoms with Crippen LogP contribution in [0.5, 0.6) is 5.75 Å². The predicted octanol–water partition coefficient (Wildman–Crippen LogP) is 3.81. The zero-order chi connectivity index (χ0) is 23.0. The fraction of sp³-hybridized carbons (Fsp3) is 0.636. The lowest BCUT2D eigenvalue weighted by Gasteiger charge is -2.34. The van der Waals surface area contributed by atoms with Crippen LogP contribution in [0.1, 0.15) is 51.2 Å². The van der Waals surface area contributed by atoms with Crippen LogP contribution in [0.2, 0.25) is 0 Å². The second kappa shape index (κ2) is 11.2. The molecule has 6 nitrogen and oxygen atoms in total. The number of rotatable bonds is 7. The molecule has 31 heavy (non-hydrogen) atoms. The molecule has 2 N–H and O–H groups in total. The number of alkyl halides is 3. The first kappa shape index (κ1) is 24.8. The van der Waals surface area contributed by atoms with Gasteiger partial charge in [0, 0.05) is 33.1 Å². The molecule has 0 bridgehead atoms. The summed E-state index contributed by atoms with van der Waals surface area (Å²) in [6.45, 7) is 7.41. The highest BCUT2D eigenvalue weighted by Gasteiger charge is 2.34. The van der Waals surface area contributed by atoms with Crippen LogP contribution < -0.4 is 15.4 Å². The molecule has 0 radical (unpaired) electrons. The molecule has 0 saturated carbocycles. The first-order chi connectivity index (χ1) is 14.6. The maximum absolute atomic E-state index is 13.6. The summed E-state index contributed by atoms with van der Waals surface area (Å²) in [5.74, 6) is 1.13. The van der Waals surface area contributed by atoms with Crippen molar-refractivity contribution >= 4 is 11.9 Å². The number of hydrogen-bond acceptors (Lipinski definition) is 3. The molecule has 174 valence electrons. The van der Waals surface area contributed by atoms with Gasteiger partial charge in [0.25, 0.3) is 0 Å². The van der Waals surface area contributed by atoms with Gasteiger partial charge in [0.05, 0.1) is 18.2 Å². The quantitative estimate of drug-likeness (QED) is 0.498. The van der Waals surface area contributed by atoms with E-state index in [2.05, 4.69) is 15.6 Å². The van der Waals surface area contributed by atoms with Gasteiger partial charge in [-0.3, -0.25) is 4.79 Å². The number of aliphatic imine (C=N–C) groups is 1. The zero-order valence-corrected chi connectivity index (χ0v) is 18.7. The minimum absolute atomic E-state index is 0.0311. The van der Waals surface area contributed by atoms with E-state index in [0.29, 0.717) is 37.9 Å². The van der Waals surface area contributed by atoms with Gasteiger partial charge in [0.1, 0.15) is 5.75 Å². The first-order valence-corrected chi connectivity index (χ1v) is 10.7. The monoisotopic (exact) mass is 442 g/mol. The molecule has 1 heterocycles. The maximum Gasteiger partial charge on any atom is 0.416 e. The van der Waals surface area contributed by atoms with Gasteiger partial charge in [-0.2, -0.15) is 13.2 Å². The highest BCUT2D eigenvalue weighted by molar-refractivity contribution is 5.80. The summed E-state index contributed by atoms with van der Waals surface area (Å²) in [4.78, 5) is 18.1. The summed E-state index contributed by atoms with van der Waals surface area (Å²) >= 11 is 0. The van der Waals surface area contributed by atoms with Crippen molar-refractivity contribution in [2.24, 2.45) is 10.9 Å². The molecule has 1 saturated heterocycles. The standard InChI is InChI=1S/C22H33F3N4O2/c1-5-27-21(29-10-8-16(9-11-29)12-20(30)26-4)28-14-17-6-7-18(31-15(2)3)13-19(17)22(23,24)25/h6-7,13,15-16H,5,8-12,14H2,1-4H3,(H,26,30)(H,27,28). The Labute approximate surface area is 182 Å². The number of benzene rings is 1. The van der Waals surface area contributed by atoms with Crippen LogP contribution in [0.15, 0.2) is 23.2 Å². The van der Waals surface area contributed by atoms with Gasteiger partial charge in [0.15, 0.2) is 5.96 Å². The number of amides is 1. The molecular formula is C22H33F3N4O2. The molecule has 9 heteroatoms. The first-order valence-electron chi connectivity index (χ1n) is 10.7. The van der Waals surface area contributed by atoms with Crippen molar-refractivity contribution in [2.45, 2.75) is 58.9 Å². The van der Waals surface area contributed by atoms with Crippen molar-refractivity contribution in [3.05, 3.63) is 29.3 Å². The van der Waals surface area contributed by atoms with Crippen molar-refractivity contribution in [3.8, 4) is 5.75 Å². The average Bonchev–Trinajstić information content (AvgIpc) is 2.71. The Hall–Kier alpha value is -2.45. The minimum atomic E-state index is -4.49. The van der Waals surface area contributed by atoms with E-state index in [-0.39, 0.29) is 29.9 Å². The van der Waals surface area contributed by atoms with E-state index in [0.717, 1.165) is 18.9 Å². The van der Waals surface area contributed by atoms with E-state index < -0.39 is 11.7 Å². The number of hydrogen-bond donors (Lipinski definition) is 2. The Balaban J connectivity index is 2.14. The van der Waals surface area contributed by atoms with Gasteiger partial charge in [0.2, 0.25) is 5.91 Å². The Kier molecular flexibility index (Phi) is 9.00. The van der Waals surface area contributed by atoms with Gasteiger partial charge < -0.3 is 20.3 Å². The van der Waals surface area contributed by atoms with Crippen molar-refractivity contribution in [3.63, 3.8) is 0 Å². The fourth-order valence-corrected chi connectivity index (χ4v) is 3.60. The lowest BCUT2D eigenvalue weighted by molar-refractivity contribution is -0.138. The molecule has 1 aliphatic rings. The number of halogens is 3. The SMILES string of the molecule is CCNC(=NCc1ccc(OC(C)C)cc1C(F)(F)F)N1CCC(CC(=O)NC)CC1. The predicted molar refractivity (Wildman–Crippen MR) is 115 cm³/mol. The number of carbonyl (C=O) groups is 1. The van der Waals surface area contributed by atoms with E-state index in [1.165, 1.54) is 6.07 Å². The van der Waals surface area contributed by atoms with Crippen LogP contribution in [-0.2, 0) is 17.5 Å². The molecule has 0 aliphatic carbocycles. The van der Waals surface area contributed by atoms with Crippen LogP contribution in [-0.4, -0.2) is 49.6 Å². The van der Waals surface area contributed by atoms with Crippen molar-refractivity contribution in [2.75, 3.05) is 26.7 Å². The lowest BCUT2D eigenvalue weighted by Crippen LogP contribution is -2.46. The Morgan fingerprint density at radius 2 is 1.97 bits per heavy atom. The maximum atomic E-state index is 13.6. The molecule has 0 spiro atoms. The molecule has 1 aliphatic heterocycles. The number of carbonyl (C=O) groups excluding carboxylic acids is 1. The van der Waals surface area contributed by atoms with Gasteiger partial charge >= 0.3 is 6.18 Å². The van der Waals surface area contributed by atoms with Crippen LogP contribution in [0.25, 0.3) is 0 Å². The van der Waals surface area contributed by atoms with Gasteiger partial charge in [-0.15, -0.1) is 0 Å². The molecule has 0 aromatic heterocycles. The highest BCUT2D eigenvalue weighted by Crippen LogP contribution is 2.35. The molecule has 1 fully saturated rings. The molecule has 2 rings (SSSR count). The summed E-state index contributed by atoms with van der Waals surface area (Å²) in [6, 6.07) is 4.03. The number of likely N-dealkylation sites (tertiary alicyclic amines) is 1. The summed E-state index contributed by atoms with van der Waals surface area (Å²) < 4.78 is 46.2. The van der Waals surface area contributed by atoms with Crippen molar-refractivity contribution in [1.82, 2.24) is 15.5 Å². The molecular weight excluding hydrogens is 409 g/mol. The van der Waals surface area contributed by atoms with Crippen LogP contribution >= 0.6 is 0 Å². The Morgan fingerprint density at radius 3 is 2.52 bits per heavy atom.